The van der Waals surface area contributed by atoms with Gasteiger partial charge in [0, 0.05) is 12.5 Å². The van der Waals surface area contributed by atoms with E-state index in [2.05, 4.69) is 56.4 Å². The Labute approximate surface area is 164 Å². The third kappa shape index (κ3) is 2.47. The van der Waals surface area contributed by atoms with Gasteiger partial charge in [-0.15, -0.1) is 0 Å². The number of fused-ring (bicyclic) bond motifs is 5. The zero-order valence-corrected chi connectivity index (χ0v) is 17.2. The number of hydrogen-bond acceptors (Lipinski definition) is 1. The van der Waals surface area contributed by atoms with Gasteiger partial charge in [0.05, 0.1) is 0 Å². The van der Waals surface area contributed by atoms with Crippen molar-refractivity contribution in [3.05, 3.63) is 35.9 Å². The summed E-state index contributed by atoms with van der Waals surface area (Å²) in [5.74, 6) is 4.31. The van der Waals surface area contributed by atoms with Gasteiger partial charge in [0.25, 0.3) is 0 Å². The lowest BCUT2D eigenvalue weighted by Crippen LogP contribution is -2.61. The molecule has 1 heterocycles. The second-order valence-electron chi connectivity index (χ2n) is 10.7. The average Bonchev–Trinajstić information content (AvgIpc) is 2.94. The van der Waals surface area contributed by atoms with Crippen molar-refractivity contribution < 1.29 is 4.79 Å². The predicted octanol–water partition coefficient (Wildman–Crippen LogP) is 5.54. The molecule has 3 saturated carbocycles. The average molecular weight is 366 g/mol. The second-order valence-corrected chi connectivity index (χ2v) is 10.7. The lowest BCUT2D eigenvalue weighted by Gasteiger charge is -2.60. The van der Waals surface area contributed by atoms with E-state index in [1.165, 1.54) is 32.1 Å². The molecule has 1 aliphatic heterocycles. The number of carbonyl (C=O) groups is 1. The van der Waals surface area contributed by atoms with Crippen molar-refractivity contribution in [1.29, 1.82) is 0 Å². The second kappa shape index (κ2) is 6.09. The van der Waals surface area contributed by atoms with E-state index >= 15 is 0 Å². The molecule has 1 amide bonds. The van der Waals surface area contributed by atoms with Gasteiger partial charge in [0.2, 0.25) is 5.91 Å². The normalized spacial score (nSPS) is 48.9. The smallest absolute Gasteiger partial charge is 0.220 e. The highest BCUT2D eigenvalue weighted by molar-refractivity contribution is 5.77. The van der Waals surface area contributed by atoms with Gasteiger partial charge in [-0.3, -0.25) is 4.79 Å². The lowest BCUT2D eigenvalue weighted by molar-refractivity contribution is -0.137. The lowest BCUT2D eigenvalue weighted by atomic mass is 9.46. The van der Waals surface area contributed by atoms with E-state index in [1.807, 2.05) is 0 Å². The Morgan fingerprint density at radius 2 is 1.78 bits per heavy atom. The van der Waals surface area contributed by atoms with E-state index in [0.717, 1.165) is 42.4 Å². The maximum Gasteiger partial charge on any atom is 0.220 e. The fourth-order valence-electron chi connectivity index (χ4n) is 8.45. The minimum atomic E-state index is 0.287. The molecule has 2 nitrogen and oxygen atoms in total. The van der Waals surface area contributed by atoms with E-state index in [9.17, 15) is 4.79 Å². The van der Waals surface area contributed by atoms with Crippen LogP contribution >= 0.6 is 0 Å². The van der Waals surface area contributed by atoms with Gasteiger partial charge in [-0.05, 0) is 84.5 Å². The molecule has 27 heavy (non-hydrogen) atoms. The summed E-state index contributed by atoms with van der Waals surface area (Å²) in [5, 5.41) is 3.37. The molecule has 2 heteroatoms. The Morgan fingerprint density at radius 3 is 2.56 bits per heavy atom. The molecule has 5 rings (SSSR count). The molecule has 1 aromatic carbocycles. The summed E-state index contributed by atoms with van der Waals surface area (Å²) in [6.45, 7) is 7.66. The minimum Gasteiger partial charge on any atom is -0.353 e. The van der Waals surface area contributed by atoms with Crippen LogP contribution in [-0.2, 0) is 4.79 Å². The summed E-state index contributed by atoms with van der Waals surface area (Å²) in [5.41, 5.74) is 2.34. The van der Waals surface area contributed by atoms with Crippen LogP contribution in [0.4, 0.5) is 0 Å². The van der Waals surface area contributed by atoms with Gasteiger partial charge in [-0.2, -0.15) is 0 Å². The van der Waals surface area contributed by atoms with Crippen LogP contribution in [0.3, 0.4) is 0 Å². The molecule has 0 unspecified atom stereocenters. The molecule has 3 aliphatic carbocycles. The number of carbonyl (C=O) groups excluding carboxylic acids is 1. The van der Waals surface area contributed by atoms with E-state index in [0.29, 0.717) is 16.9 Å². The van der Waals surface area contributed by atoms with Crippen molar-refractivity contribution >= 4 is 5.91 Å². The van der Waals surface area contributed by atoms with Crippen LogP contribution in [-0.4, -0.2) is 11.9 Å². The first-order valence-electron chi connectivity index (χ1n) is 11.3. The standard InChI is InChI=1S/C25H35NO/c1-16-15-20(17-7-5-4-6-8-17)25(3)13-11-19-18(23(16)25)9-10-21-24(19,2)14-12-22(27)26-21/h4-8,16,18-21,23H,9-15H2,1-3H3,(H,26,27)/t16-,18-,19+,20-,21-,23+,24-,25-/m1/s1. The first-order chi connectivity index (χ1) is 12.9. The highest BCUT2D eigenvalue weighted by Gasteiger charge is 2.62. The third-order valence-corrected chi connectivity index (χ3v) is 9.61. The quantitative estimate of drug-likeness (QED) is 0.696. The summed E-state index contributed by atoms with van der Waals surface area (Å²) in [6.07, 6.45) is 8.42. The van der Waals surface area contributed by atoms with Gasteiger partial charge in [-0.25, -0.2) is 0 Å². The number of amides is 1. The zero-order chi connectivity index (χ0) is 18.8. The van der Waals surface area contributed by atoms with Crippen molar-refractivity contribution in [3.63, 3.8) is 0 Å². The van der Waals surface area contributed by atoms with Crippen LogP contribution < -0.4 is 5.32 Å². The summed E-state index contributed by atoms with van der Waals surface area (Å²) in [4.78, 5) is 12.0. The van der Waals surface area contributed by atoms with Gasteiger partial charge in [0.15, 0.2) is 0 Å². The molecular formula is C25H35NO. The van der Waals surface area contributed by atoms with Crippen molar-refractivity contribution in [2.75, 3.05) is 0 Å². The molecule has 1 saturated heterocycles. The topological polar surface area (TPSA) is 29.1 Å². The minimum absolute atomic E-state index is 0.287. The fourth-order valence-corrected chi connectivity index (χ4v) is 8.45. The Bertz CT molecular complexity index is 729. The van der Waals surface area contributed by atoms with E-state index < -0.39 is 0 Å². The highest BCUT2D eigenvalue weighted by atomic mass is 16.1. The Morgan fingerprint density at radius 1 is 1.00 bits per heavy atom. The monoisotopic (exact) mass is 365 g/mol. The molecule has 1 N–H and O–H groups in total. The van der Waals surface area contributed by atoms with Crippen LogP contribution in [0.5, 0.6) is 0 Å². The Hall–Kier alpha value is -1.31. The van der Waals surface area contributed by atoms with E-state index in [-0.39, 0.29) is 5.91 Å². The summed E-state index contributed by atoms with van der Waals surface area (Å²) in [6, 6.07) is 11.8. The molecule has 8 atom stereocenters. The van der Waals surface area contributed by atoms with Crippen molar-refractivity contribution in [2.45, 2.75) is 77.7 Å². The van der Waals surface area contributed by atoms with Crippen molar-refractivity contribution in [3.8, 4) is 0 Å². The Balaban J connectivity index is 1.48. The number of nitrogens with one attached hydrogen (secondary N) is 1. The molecule has 4 fully saturated rings. The molecule has 1 aromatic rings. The molecule has 0 bridgehead atoms. The van der Waals surface area contributed by atoms with Crippen LogP contribution in [0.2, 0.25) is 0 Å². The molecular weight excluding hydrogens is 330 g/mol. The van der Waals surface area contributed by atoms with Gasteiger partial charge >= 0.3 is 0 Å². The predicted molar refractivity (Wildman–Crippen MR) is 109 cm³/mol. The number of hydrogen-bond donors (Lipinski definition) is 1. The summed E-state index contributed by atoms with van der Waals surface area (Å²) in [7, 11) is 0. The molecule has 0 spiro atoms. The number of piperidine rings is 1. The zero-order valence-electron chi connectivity index (χ0n) is 17.2. The highest BCUT2D eigenvalue weighted by Crippen LogP contribution is 2.68. The third-order valence-electron chi connectivity index (χ3n) is 9.61. The SMILES string of the molecule is C[C@@H]1C[C@H](c2ccccc2)[C@@]2(C)CC[C@H]3[C@@H](CC[C@H]4NC(=O)CC[C@@]43C)[C@H]12. The van der Waals surface area contributed by atoms with Crippen molar-refractivity contribution in [2.24, 2.45) is 34.5 Å². The maximum atomic E-state index is 12.0. The fraction of sp³-hybridized carbons (Fsp3) is 0.720. The maximum absolute atomic E-state index is 12.0. The van der Waals surface area contributed by atoms with Gasteiger partial charge in [0.1, 0.15) is 0 Å². The van der Waals surface area contributed by atoms with E-state index in [4.69, 9.17) is 0 Å². The van der Waals surface area contributed by atoms with Crippen LogP contribution in [0.1, 0.15) is 77.2 Å². The molecule has 146 valence electrons. The first-order valence-corrected chi connectivity index (χ1v) is 11.3. The van der Waals surface area contributed by atoms with E-state index in [1.54, 1.807) is 5.56 Å². The first kappa shape index (κ1) is 17.8. The largest absolute Gasteiger partial charge is 0.353 e. The van der Waals surface area contributed by atoms with Gasteiger partial charge in [-0.1, -0.05) is 51.1 Å². The number of rotatable bonds is 1. The van der Waals surface area contributed by atoms with Crippen LogP contribution in [0, 0.1) is 34.5 Å². The molecule has 0 aromatic heterocycles. The summed E-state index contributed by atoms with van der Waals surface area (Å²) >= 11 is 0. The molecule has 4 aliphatic rings. The van der Waals surface area contributed by atoms with Crippen molar-refractivity contribution in [1.82, 2.24) is 5.32 Å². The van der Waals surface area contributed by atoms with Gasteiger partial charge < -0.3 is 5.32 Å². The summed E-state index contributed by atoms with van der Waals surface area (Å²) < 4.78 is 0. The van der Waals surface area contributed by atoms with Crippen LogP contribution in [0.15, 0.2) is 30.3 Å². The Kier molecular flexibility index (Phi) is 4.01. The molecule has 0 radical (unpaired) electrons. The number of benzene rings is 1. The van der Waals surface area contributed by atoms with Crippen LogP contribution in [0.25, 0.3) is 0 Å².